The fraction of sp³-hybridized carbons (Fsp3) is 0.364. The number of allylic oxidation sites excluding steroid dienone is 2. The van der Waals surface area contributed by atoms with E-state index >= 15 is 0 Å². The van der Waals surface area contributed by atoms with E-state index in [4.69, 9.17) is 0 Å². The molecule has 0 fully saturated rings. The molecule has 0 heterocycles. The van der Waals surface area contributed by atoms with Gasteiger partial charge >= 0.3 is 6.18 Å². The van der Waals surface area contributed by atoms with E-state index in [0.29, 0.717) is 17.5 Å². The number of aromatic hydroxyl groups is 1. The minimum Gasteiger partial charge on any atom is -0.504 e. The summed E-state index contributed by atoms with van der Waals surface area (Å²) in [5.41, 5.74) is -1.69. The van der Waals surface area contributed by atoms with Gasteiger partial charge in [0.2, 0.25) is 0 Å². The molecule has 0 spiro atoms. The number of hydrogen-bond donors (Lipinski definition) is 1. The Labute approximate surface area is 164 Å². The maximum atomic E-state index is 14.7. The number of phenols is 1. The van der Waals surface area contributed by atoms with E-state index in [9.17, 15) is 31.4 Å². The monoisotopic (exact) mass is 414 g/mol. The first kappa shape index (κ1) is 21.3. The molecule has 156 valence electrons. The van der Waals surface area contributed by atoms with Gasteiger partial charge in [-0.2, -0.15) is 13.2 Å². The van der Waals surface area contributed by atoms with Gasteiger partial charge in [-0.1, -0.05) is 38.0 Å². The third kappa shape index (κ3) is 4.28. The van der Waals surface area contributed by atoms with Gasteiger partial charge in [0.1, 0.15) is 17.2 Å². The molecule has 1 atom stereocenters. The van der Waals surface area contributed by atoms with Gasteiger partial charge in [0, 0.05) is 11.1 Å². The molecule has 0 bridgehead atoms. The van der Waals surface area contributed by atoms with E-state index < -0.39 is 40.5 Å². The maximum Gasteiger partial charge on any atom is 0.422 e. The van der Waals surface area contributed by atoms with Gasteiger partial charge in [0.05, 0.1) is 0 Å². The van der Waals surface area contributed by atoms with Crippen molar-refractivity contribution >= 4 is 5.57 Å². The first-order valence-corrected chi connectivity index (χ1v) is 9.41. The molecular weight excluding hydrogens is 394 g/mol. The zero-order valence-electron chi connectivity index (χ0n) is 15.7. The maximum absolute atomic E-state index is 14.7. The van der Waals surface area contributed by atoms with Crippen molar-refractivity contribution in [2.24, 2.45) is 5.92 Å². The van der Waals surface area contributed by atoms with Crippen LogP contribution in [0.25, 0.3) is 16.7 Å². The Bertz CT molecular complexity index is 945. The molecule has 1 aliphatic rings. The number of alkyl halides is 3. The molecule has 0 amide bonds. The SMILES string of the molecule is CCCC1CC=C(c2ccc(-c3cc(F)c(C(F)(F)F)c(F)c3O)c(F)c2)CC1. The summed E-state index contributed by atoms with van der Waals surface area (Å²) >= 11 is 0. The Morgan fingerprint density at radius 1 is 1.03 bits per heavy atom. The van der Waals surface area contributed by atoms with Crippen molar-refractivity contribution in [2.75, 3.05) is 0 Å². The Morgan fingerprint density at radius 2 is 1.76 bits per heavy atom. The van der Waals surface area contributed by atoms with Crippen LogP contribution in [-0.4, -0.2) is 5.11 Å². The van der Waals surface area contributed by atoms with E-state index in [0.717, 1.165) is 37.7 Å². The van der Waals surface area contributed by atoms with E-state index in [1.165, 1.54) is 18.2 Å². The molecule has 7 heteroatoms. The quantitative estimate of drug-likeness (QED) is 0.514. The van der Waals surface area contributed by atoms with E-state index in [2.05, 4.69) is 6.92 Å². The lowest BCUT2D eigenvalue weighted by Gasteiger charge is -2.22. The summed E-state index contributed by atoms with van der Waals surface area (Å²) in [5, 5.41) is 9.82. The molecule has 2 aromatic carbocycles. The van der Waals surface area contributed by atoms with Crippen molar-refractivity contribution in [3.63, 3.8) is 0 Å². The Hall–Kier alpha value is -2.44. The molecular formula is C22H20F6O. The summed E-state index contributed by atoms with van der Waals surface area (Å²) in [6.07, 6.45) is 1.60. The predicted octanol–water partition coefficient (Wildman–Crippen LogP) is 7.48. The van der Waals surface area contributed by atoms with E-state index in [1.54, 1.807) is 0 Å². The van der Waals surface area contributed by atoms with Crippen molar-refractivity contribution < 1.29 is 31.4 Å². The molecule has 0 saturated heterocycles. The molecule has 29 heavy (non-hydrogen) atoms. The molecule has 2 aromatic rings. The second kappa shape index (κ2) is 8.13. The van der Waals surface area contributed by atoms with Gasteiger partial charge in [-0.15, -0.1) is 0 Å². The fourth-order valence-corrected chi connectivity index (χ4v) is 3.83. The first-order chi connectivity index (χ1) is 13.6. The standard InChI is InChI=1S/C22H20F6O/c1-2-3-12-4-6-13(7-5-12)14-8-9-15(17(23)10-14)16-11-18(24)19(22(26,27)28)20(25)21(16)29/h6,8-12,29H,2-5,7H2,1H3. The minimum atomic E-state index is -5.32. The summed E-state index contributed by atoms with van der Waals surface area (Å²) < 4.78 is 80.8. The van der Waals surface area contributed by atoms with Crippen LogP contribution in [-0.2, 0) is 6.18 Å². The number of rotatable bonds is 4. The van der Waals surface area contributed by atoms with Gasteiger partial charge in [-0.25, -0.2) is 13.2 Å². The molecule has 1 N–H and O–H groups in total. The Morgan fingerprint density at radius 3 is 2.31 bits per heavy atom. The molecule has 0 radical (unpaired) electrons. The molecule has 0 aromatic heterocycles. The van der Waals surface area contributed by atoms with Gasteiger partial charge in [-0.3, -0.25) is 0 Å². The highest BCUT2D eigenvalue weighted by molar-refractivity contribution is 5.75. The van der Waals surface area contributed by atoms with Crippen LogP contribution in [0, 0.1) is 23.4 Å². The lowest BCUT2D eigenvalue weighted by molar-refractivity contribution is -0.142. The molecule has 1 nitrogen and oxygen atoms in total. The van der Waals surface area contributed by atoms with Crippen molar-refractivity contribution in [3.05, 3.63) is 58.9 Å². The van der Waals surface area contributed by atoms with E-state index in [1.807, 2.05) is 6.08 Å². The van der Waals surface area contributed by atoms with Gasteiger partial charge in [0.25, 0.3) is 0 Å². The highest BCUT2D eigenvalue weighted by atomic mass is 19.4. The average molecular weight is 414 g/mol. The normalized spacial score (nSPS) is 17.3. The van der Waals surface area contributed by atoms with Crippen LogP contribution in [0.4, 0.5) is 26.3 Å². The molecule has 1 unspecified atom stereocenters. The van der Waals surface area contributed by atoms with Crippen molar-refractivity contribution in [1.82, 2.24) is 0 Å². The Kier molecular flexibility index (Phi) is 5.96. The van der Waals surface area contributed by atoms with Crippen LogP contribution in [0.2, 0.25) is 0 Å². The number of phenolic OH excluding ortho intramolecular Hbond substituents is 1. The smallest absolute Gasteiger partial charge is 0.422 e. The summed E-state index contributed by atoms with van der Waals surface area (Å²) in [4.78, 5) is 0. The zero-order chi connectivity index (χ0) is 21.3. The summed E-state index contributed by atoms with van der Waals surface area (Å²) in [7, 11) is 0. The van der Waals surface area contributed by atoms with Crippen LogP contribution in [0.5, 0.6) is 5.75 Å². The zero-order valence-corrected chi connectivity index (χ0v) is 15.7. The second-order valence-corrected chi connectivity index (χ2v) is 7.29. The molecule has 3 rings (SSSR count). The summed E-state index contributed by atoms with van der Waals surface area (Å²) in [5.74, 6) is -5.79. The fourth-order valence-electron chi connectivity index (χ4n) is 3.83. The number of benzene rings is 2. The largest absolute Gasteiger partial charge is 0.504 e. The summed E-state index contributed by atoms with van der Waals surface area (Å²) in [6, 6.07) is 4.23. The van der Waals surface area contributed by atoms with Crippen LogP contribution in [0.1, 0.15) is 50.2 Å². The summed E-state index contributed by atoms with van der Waals surface area (Å²) in [6.45, 7) is 2.12. The van der Waals surface area contributed by atoms with Gasteiger partial charge < -0.3 is 5.11 Å². The average Bonchev–Trinajstić information content (AvgIpc) is 2.65. The number of hydrogen-bond acceptors (Lipinski definition) is 1. The topological polar surface area (TPSA) is 20.2 Å². The third-order valence-corrected chi connectivity index (χ3v) is 5.32. The second-order valence-electron chi connectivity index (χ2n) is 7.29. The predicted molar refractivity (Wildman–Crippen MR) is 98.6 cm³/mol. The third-order valence-electron chi connectivity index (χ3n) is 5.32. The molecule has 0 aliphatic heterocycles. The van der Waals surface area contributed by atoms with Gasteiger partial charge in [-0.05, 0) is 48.4 Å². The van der Waals surface area contributed by atoms with Crippen LogP contribution >= 0.6 is 0 Å². The highest BCUT2D eigenvalue weighted by Crippen LogP contribution is 2.42. The lowest BCUT2D eigenvalue weighted by atomic mass is 9.84. The first-order valence-electron chi connectivity index (χ1n) is 9.41. The molecule has 1 aliphatic carbocycles. The van der Waals surface area contributed by atoms with Crippen molar-refractivity contribution in [2.45, 2.75) is 45.2 Å². The van der Waals surface area contributed by atoms with Crippen molar-refractivity contribution in [3.8, 4) is 16.9 Å². The molecule has 0 saturated carbocycles. The van der Waals surface area contributed by atoms with Crippen LogP contribution in [0.3, 0.4) is 0 Å². The van der Waals surface area contributed by atoms with E-state index in [-0.39, 0.29) is 5.56 Å². The van der Waals surface area contributed by atoms with Crippen molar-refractivity contribution in [1.29, 1.82) is 0 Å². The highest BCUT2D eigenvalue weighted by Gasteiger charge is 2.40. The van der Waals surface area contributed by atoms with Crippen LogP contribution in [0.15, 0.2) is 30.3 Å². The van der Waals surface area contributed by atoms with Crippen LogP contribution < -0.4 is 0 Å². The Balaban J connectivity index is 1.96. The minimum absolute atomic E-state index is 0.300. The lowest BCUT2D eigenvalue weighted by Crippen LogP contribution is -2.12. The number of halogens is 6. The van der Waals surface area contributed by atoms with Gasteiger partial charge in [0.15, 0.2) is 11.6 Å².